The second-order valence-electron chi connectivity index (χ2n) is 5.85. The lowest BCUT2D eigenvalue weighted by Crippen LogP contribution is -2.21. The first kappa shape index (κ1) is 12.6. The van der Waals surface area contributed by atoms with Gasteiger partial charge in [-0.25, -0.2) is 0 Å². The van der Waals surface area contributed by atoms with Crippen molar-refractivity contribution in [2.75, 3.05) is 6.54 Å². The third-order valence-electron chi connectivity index (χ3n) is 4.05. The van der Waals surface area contributed by atoms with E-state index in [1.165, 1.54) is 42.5 Å². The van der Waals surface area contributed by atoms with Crippen LogP contribution in [0.2, 0.25) is 0 Å². The zero-order valence-electron chi connectivity index (χ0n) is 11.4. The topological polar surface area (TPSA) is 12.0 Å². The van der Waals surface area contributed by atoms with Gasteiger partial charge in [-0.2, -0.15) is 0 Å². The summed E-state index contributed by atoms with van der Waals surface area (Å²) in [6.07, 6.45) is 4.26. The summed E-state index contributed by atoms with van der Waals surface area (Å²) in [6.45, 7) is 8.96. The Kier molecular flexibility index (Phi) is 4.22. The molecule has 1 fully saturated rings. The van der Waals surface area contributed by atoms with E-state index in [1.807, 2.05) is 0 Å². The molecule has 17 heavy (non-hydrogen) atoms. The normalized spacial score (nSPS) is 24.2. The molecule has 94 valence electrons. The van der Waals surface area contributed by atoms with Gasteiger partial charge in [-0.05, 0) is 56.2 Å². The SMILES string of the molecule is Cc1ccc(CNCC2CCC(C)C2)c(C)c1. The maximum absolute atomic E-state index is 3.62. The molecule has 1 aromatic rings. The molecule has 0 saturated heterocycles. The summed E-state index contributed by atoms with van der Waals surface area (Å²) in [7, 11) is 0. The molecular weight excluding hydrogens is 206 g/mol. The average Bonchev–Trinajstić information content (AvgIpc) is 2.68. The Labute approximate surface area is 106 Å². The molecule has 1 aliphatic rings. The predicted octanol–water partition coefficient (Wildman–Crippen LogP) is 3.83. The van der Waals surface area contributed by atoms with Crippen molar-refractivity contribution in [1.29, 1.82) is 0 Å². The van der Waals surface area contributed by atoms with Crippen LogP contribution in [0, 0.1) is 25.7 Å². The highest BCUT2D eigenvalue weighted by molar-refractivity contribution is 5.30. The van der Waals surface area contributed by atoms with Crippen molar-refractivity contribution >= 4 is 0 Å². The Hall–Kier alpha value is -0.820. The highest BCUT2D eigenvalue weighted by Gasteiger charge is 2.20. The van der Waals surface area contributed by atoms with Crippen LogP contribution in [0.25, 0.3) is 0 Å². The minimum absolute atomic E-state index is 0.913. The summed E-state index contributed by atoms with van der Waals surface area (Å²) < 4.78 is 0. The third-order valence-corrected chi connectivity index (χ3v) is 4.05. The molecule has 0 heterocycles. The van der Waals surface area contributed by atoms with E-state index in [4.69, 9.17) is 0 Å². The van der Waals surface area contributed by atoms with E-state index in [-0.39, 0.29) is 0 Å². The zero-order chi connectivity index (χ0) is 12.3. The average molecular weight is 231 g/mol. The van der Waals surface area contributed by atoms with Crippen LogP contribution >= 0.6 is 0 Å². The Balaban J connectivity index is 1.78. The summed E-state index contributed by atoms with van der Waals surface area (Å²) >= 11 is 0. The van der Waals surface area contributed by atoms with Crippen molar-refractivity contribution in [2.45, 2.75) is 46.6 Å². The van der Waals surface area contributed by atoms with Crippen LogP contribution in [-0.2, 0) is 6.54 Å². The molecule has 0 aromatic heterocycles. The molecule has 0 bridgehead atoms. The monoisotopic (exact) mass is 231 g/mol. The van der Waals surface area contributed by atoms with Gasteiger partial charge in [0.15, 0.2) is 0 Å². The largest absolute Gasteiger partial charge is 0.312 e. The van der Waals surface area contributed by atoms with Crippen molar-refractivity contribution in [3.05, 3.63) is 34.9 Å². The molecule has 1 nitrogen and oxygen atoms in total. The van der Waals surface area contributed by atoms with Crippen LogP contribution in [-0.4, -0.2) is 6.54 Å². The van der Waals surface area contributed by atoms with E-state index in [2.05, 4.69) is 44.3 Å². The fourth-order valence-corrected chi connectivity index (χ4v) is 2.97. The van der Waals surface area contributed by atoms with Gasteiger partial charge in [-0.1, -0.05) is 37.1 Å². The minimum Gasteiger partial charge on any atom is -0.312 e. The van der Waals surface area contributed by atoms with Crippen LogP contribution in [0.15, 0.2) is 18.2 Å². The van der Waals surface area contributed by atoms with E-state index in [1.54, 1.807) is 0 Å². The molecule has 1 heteroatoms. The number of benzene rings is 1. The van der Waals surface area contributed by atoms with E-state index in [9.17, 15) is 0 Å². The molecule has 1 N–H and O–H groups in total. The Morgan fingerprint density at radius 1 is 1.24 bits per heavy atom. The Bertz CT molecular complexity index is 370. The molecule has 2 rings (SSSR count). The fraction of sp³-hybridized carbons (Fsp3) is 0.625. The molecule has 0 spiro atoms. The van der Waals surface area contributed by atoms with E-state index < -0.39 is 0 Å². The minimum atomic E-state index is 0.913. The highest BCUT2D eigenvalue weighted by atomic mass is 14.9. The molecule has 0 amide bonds. The van der Waals surface area contributed by atoms with Gasteiger partial charge in [0.05, 0.1) is 0 Å². The number of nitrogens with one attached hydrogen (secondary N) is 1. The van der Waals surface area contributed by atoms with E-state index >= 15 is 0 Å². The van der Waals surface area contributed by atoms with Gasteiger partial charge in [0, 0.05) is 6.54 Å². The van der Waals surface area contributed by atoms with Gasteiger partial charge in [0.2, 0.25) is 0 Å². The second-order valence-corrected chi connectivity index (χ2v) is 5.85. The smallest absolute Gasteiger partial charge is 0.0208 e. The van der Waals surface area contributed by atoms with Gasteiger partial charge in [-0.3, -0.25) is 0 Å². The van der Waals surface area contributed by atoms with Crippen LogP contribution in [0.4, 0.5) is 0 Å². The summed E-state index contributed by atoms with van der Waals surface area (Å²) in [5.74, 6) is 1.86. The number of aryl methyl sites for hydroxylation is 2. The van der Waals surface area contributed by atoms with E-state index in [0.717, 1.165) is 18.4 Å². The first-order chi connectivity index (χ1) is 8.15. The third kappa shape index (κ3) is 3.57. The predicted molar refractivity (Wildman–Crippen MR) is 74.1 cm³/mol. The molecule has 2 atom stereocenters. The molecule has 1 aliphatic carbocycles. The Morgan fingerprint density at radius 2 is 2.06 bits per heavy atom. The maximum Gasteiger partial charge on any atom is 0.0208 e. The number of rotatable bonds is 4. The van der Waals surface area contributed by atoms with Crippen molar-refractivity contribution in [1.82, 2.24) is 5.32 Å². The van der Waals surface area contributed by atoms with Gasteiger partial charge in [-0.15, -0.1) is 0 Å². The zero-order valence-corrected chi connectivity index (χ0v) is 11.4. The van der Waals surface area contributed by atoms with Crippen LogP contribution in [0.5, 0.6) is 0 Å². The summed E-state index contributed by atoms with van der Waals surface area (Å²) in [5, 5.41) is 3.62. The van der Waals surface area contributed by atoms with Crippen LogP contribution < -0.4 is 5.32 Å². The molecule has 1 aromatic carbocycles. The van der Waals surface area contributed by atoms with Crippen molar-refractivity contribution in [3.8, 4) is 0 Å². The quantitative estimate of drug-likeness (QED) is 0.830. The van der Waals surface area contributed by atoms with Gasteiger partial charge in [0.1, 0.15) is 0 Å². The van der Waals surface area contributed by atoms with Crippen LogP contribution in [0.1, 0.15) is 42.9 Å². The first-order valence-corrected chi connectivity index (χ1v) is 6.92. The lowest BCUT2D eigenvalue weighted by Gasteiger charge is -2.12. The van der Waals surface area contributed by atoms with E-state index in [0.29, 0.717) is 0 Å². The lowest BCUT2D eigenvalue weighted by molar-refractivity contribution is 0.470. The molecule has 0 aliphatic heterocycles. The van der Waals surface area contributed by atoms with Crippen molar-refractivity contribution in [3.63, 3.8) is 0 Å². The molecule has 1 saturated carbocycles. The van der Waals surface area contributed by atoms with Gasteiger partial charge >= 0.3 is 0 Å². The van der Waals surface area contributed by atoms with Gasteiger partial charge < -0.3 is 5.32 Å². The highest BCUT2D eigenvalue weighted by Crippen LogP contribution is 2.29. The molecule has 0 radical (unpaired) electrons. The molecular formula is C16H25N. The summed E-state index contributed by atoms with van der Waals surface area (Å²) in [5.41, 5.74) is 4.22. The van der Waals surface area contributed by atoms with Crippen LogP contribution in [0.3, 0.4) is 0 Å². The van der Waals surface area contributed by atoms with Gasteiger partial charge in [0.25, 0.3) is 0 Å². The fourth-order valence-electron chi connectivity index (χ4n) is 2.97. The Morgan fingerprint density at radius 3 is 2.71 bits per heavy atom. The van der Waals surface area contributed by atoms with Crippen molar-refractivity contribution < 1.29 is 0 Å². The standard InChI is InChI=1S/C16H25N/c1-12-5-7-16(14(3)8-12)11-17-10-15-6-4-13(2)9-15/h5,7-8,13,15,17H,4,6,9-11H2,1-3H3. The number of hydrogen-bond donors (Lipinski definition) is 1. The molecule has 2 unspecified atom stereocenters. The first-order valence-electron chi connectivity index (χ1n) is 6.92. The second kappa shape index (κ2) is 5.68. The summed E-state index contributed by atoms with van der Waals surface area (Å²) in [6, 6.07) is 6.74. The lowest BCUT2D eigenvalue weighted by atomic mass is 10.0. The maximum atomic E-state index is 3.62. The van der Waals surface area contributed by atoms with Crippen molar-refractivity contribution in [2.24, 2.45) is 11.8 Å². The number of hydrogen-bond acceptors (Lipinski definition) is 1. The summed E-state index contributed by atoms with van der Waals surface area (Å²) in [4.78, 5) is 0.